The second kappa shape index (κ2) is 6.16. The van der Waals surface area contributed by atoms with Gasteiger partial charge in [-0.2, -0.15) is 0 Å². The third-order valence-electron chi connectivity index (χ3n) is 4.25. The molecular weight excluding hydrogens is 252 g/mol. The molecule has 2 rings (SSSR count). The van der Waals surface area contributed by atoms with Crippen molar-refractivity contribution in [2.75, 3.05) is 11.1 Å². The Morgan fingerprint density at radius 2 is 2.05 bits per heavy atom. The molecule has 0 amide bonds. The molecule has 1 saturated carbocycles. The first-order valence-electron chi connectivity index (χ1n) is 7.37. The highest BCUT2D eigenvalue weighted by molar-refractivity contribution is 5.95. The Morgan fingerprint density at radius 3 is 2.75 bits per heavy atom. The molecule has 0 saturated heterocycles. The SMILES string of the molecule is Cc1cc(NC2CCCC(C)CC2)cc(C(=O)O)c1N. The van der Waals surface area contributed by atoms with Gasteiger partial charge in [-0.15, -0.1) is 0 Å². The van der Waals surface area contributed by atoms with Gasteiger partial charge in [0.1, 0.15) is 0 Å². The molecule has 0 aromatic heterocycles. The number of hydrogen-bond donors (Lipinski definition) is 3. The number of nitrogens with one attached hydrogen (secondary N) is 1. The van der Waals surface area contributed by atoms with Crippen molar-refractivity contribution >= 4 is 17.3 Å². The van der Waals surface area contributed by atoms with Crippen molar-refractivity contribution in [3.63, 3.8) is 0 Å². The molecule has 1 fully saturated rings. The van der Waals surface area contributed by atoms with E-state index in [9.17, 15) is 9.90 Å². The quantitative estimate of drug-likeness (QED) is 0.582. The van der Waals surface area contributed by atoms with Crippen LogP contribution in [0.3, 0.4) is 0 Å². The minimum atomic E-state index is -0.969. The van der Waals surface area contributed by atoms with Crippen LogP contribution in [0.1, 0.15) is 54.9 Å². The van der Waals surface area contributed by atoms with Crippen molar-refractivity contribution in [1.29, 1.82) is 0 Å². The standard InChI is InChI=1S/C16H24N2O2/c1-10-4-3-5-12(7-6-10)18-13-8-11(2)15(17)14(9-13)16(19)20/h8-10,12,18H,3-7,17H2,1-2H3,(H,19,20). The van der Waals surface area contributed by atoms with E-state index in [0.29, 0.717) is 11.7 Å². The van der Waals surface area contributed by atoms with Crippen LogP contribution < -0.4 is 11.1 Å². The predicted octanol–water partition coefficient (Wildman–Crippen LogP) is 3.66. The molecule has 0 bridgehead atoms. The summed E-state index contributed by atoms with van der Waals surface area (Å²) < 4.78 is 0. The predicted molar refractivity (Wildman–Crippen MR) is 82.2 cm³/mol. The Bertz CT molecular complexity index is 499. The van der Waals surface area contributed by atoms with E-state index in [1.54, 1.807) is 6.07 Å². The van der Waals surface area contributed by atoms with Crippen molar-refractivity contribution in [2.45, 2.75) is 52.0 Å². The molecule has 0 spiro atoms. The van der Waals surface area contributed by atoms with Crippen LogP contribution in [0.5, 0.6) is 0 Å². The maximum atomic E-state index is 11.2. The van der Waals surface area contributed by atoms with Crippen LogP contribution in [0.2, 0.25) is 0 Å². The lowest BCUT2D eigenvalue weighted by molar-refractivity contribution is 0.0698. The molecule has 2 atom stereocenters. The number of carboxylic acids is 1. The molecule has 110 valence electrons. The molecule has 4 nitrogen and oxygen atoms in total. The minimum Gasteiger partial charge on any atom is -0.478 e. The van der Waals surface area contributed by atoms with Crippen molar-refractivity contribution in [2.24, 2.45) is 5.92 Å². The zero-order valence-electron chi connectivity index (χ0n) is 12.3. The third-order valence-corrected chi connectivity index (χ3v) is 4.25. The molecule has 0 radical (unpaired) electrons. The summed E-state index contributed by atoms with van der Waals surface area (Å²) in [6.45, 7) is 4.15. The van der Waals surface area contributed by atoms with Crippen LogP contribution in [0.15, 0.2) is 12.1 Å². The third kappa shape index (κ3) is 3.44. The fourth-order valence-electron chi connectivity index (χ4n) is 2.93. The van der Waals surface area contributed by atoms with E-state index in [1.807, 2.05) is 13.0 Å². The molecule has 1 aliphatic rings. The number of benzene rings is 1. The largest absolute Gasteiger partial charge is 0.478 e. The van der Waals surface area contributed by atoms with E-state index in [2.05, 4.69) is 12.2 Å². The van der Waals surface area contributed by atoms with Crippen molar-refractivity contribution < 1.29 is 9.90 Å². The second-order valence-corrected chi connectivity index (χ2v) is 6.01. The van der Waals surface area contributed by atoms with E-state index in [-0.39, 0.29) is 5.56 Å². The number of carboxylic acid groups (broad SMARTS) is 1. The van der Waals surface area contributed by atoms with Crippen LogP contribution in [-0.2, 0) is 0 Å². The summed E-state index contributed by atoms with van der Waals surface area (Å²) in [6, 6.07) is 4.03. The molecule has 0 heterocycles. The van der Waals surface area contributed by atoms with Crippen LogP contribution in [0.25, 0.3) is 0 Å². The molecule has 2 unspecified atom stereocenters. The number of aromatic carboxylic acids is 1. The maximum absolute atomic E-state index is 11.2. The number of nitrogen functional groups attached to an aromatic ring is 1. The average Bonchev–Trinajstić information content (AvgIpc) is 2.58. The Labute approximate surface area is 120 Å². The number of anilines is 2. The summed E-state index contributed by atoms with van der Waals surface area (Å²) in [5.41, 5.74) is 8.05. The molecule has 1 aromatic carbocycles. The van der Waals surface area contributed by atoms with Crippen molar-refractivity contribution in [3.05, 3.63) is 23.3 Å². The van der Waals surface area contributed by atoms with Gasteiger partial charge in [-0.3, -0.25) is 0 Å². The normalized spacial score (nSPS) is 23.1. The first-order valence-corrected chi connectivity index (χ1v) is 7.37. The van der Waals surface area contributed by atoms with Crippen LogP contribution in [0.4, 0.5) is 11.4 Å². The fourth-order valence-corrected chi connectivity index (χ4v) is 2.93. The highest BCUT2D eigenvalue weighted by Gasteiger charge is 2.17. The van der Waals surface area contributed by atoms with E-state index in [0.717, 1.165) is 30.0 Å². The lowest BCUT2D eigenvalue weighted by atomic mass is 10.0. The molecular formula is C16H24N2O2. The molecule has 20 heavy (non-hydrogen) atoms. The van der Waals surface area contributed by atoms with Crippen molar-refractivity contribution in [3.8, 4) is 0 Å². The van der Waals surface area contributed by atoms with Gasteiger partial charge in [0.25, 0.3) is 0 Å². The fraction of sp³-hybridized carbons (Fsp3) is 0.562. The van der Waals surface area contributed by atoms with Gasteiger partial charge >= 0.3 is 5.97 Å². The Balaban J connectivity index is 2.15. The van der Waals surface area contributed by atoms with Crippen LogP contribution >= 0.6 is 0 Å². The Morgan fingerprint density at radius 1 is 1.30 bits per heavy atom. The number of carbonyl (C=O) groups is 1. The van der Waals surface area contributed by atoms with Gasteiger partial charge in [-0.1, -0.05) is 19.8 Å². The highest BCUT2D eigenvalue weighted by atomic mass is 16.4. The zero-order valence-corrected chi connectivity index (χ0v) is 12.3. The van der Waals surface area contributed by atoms with E-state index in [4.69, 9.17) is 5.73 Å². The van der Waals surface area contributed by atoms with Crippen molar-refractivity contribution in [1.82, 2.24) is 0 Å². The summed E-state index contributed by atoms with van der Waals surface area (Å²) in [6.07, 6.45) is 6.05. The summed E-state index contributed by atoms with van der Waals surface area (Å²) in [5.74, 6) is -0.173. The lowest BCUT2D eigenvalue weighted by Gasteiger charge is -2.19. The number of nitrogens with two attached hydrogens (primary N) is 1. The van der Waals surface area contributed by atoms with Gasteiger partial charge in [0.15, 0.2) is 0 Å². The Hall–Kier alpha value is -1.71. The summed E-state index contributed by atoms with van der Waals surface area (Å²) in [5, 5.41) is 12.7. The van der Waals surface area contributed by atoms with Gasteiger partial charge in [0.2, 0.25) is 0 Å². The average molecular weight is 276 g/mol. The first-order chi connectivity index (χ1) is 9.47. The topological polar surface area (TPSA) is 75.3 Å². The summed E-state index contributed by atoms with van der Waals surface area (Å²) in [7, 11) is 0. The van der Waals surface area contributed by atoms with Gasteiger partial charge in [-0.05, 0) is 49.8 Å². The van der Waals surface area contributed by atoms with Gasteiger partial charge in [0.05, 0.1) is 5.56 Å². The van der Waals surface area contributed by atoms with Crippen LogP contribution in [-0.4, -0.2) is 17.1 Å². The minimum absolute atomic E-state index is 0.189. The zero-order chi connectivity index (χ0) is 14.7. The maximum Gasteiger partial charge on any atom is 0.337 e. The van der Waals surface area contributed by atoms with Gasteiger partial charge in [0, 0.05) is 17.4 Å². The van der Waals surface area contributed by atoms with Gasteiger partial charge in [-0.25, -0.2) is 4.79 Å². The smallest absolute Gasteiger partial charge is 0.337 e. The molecule has 1 aromatic rings. The second-order valence-electron chi connectivity index (χ2n) is 6.01. The molecule has 4 N–H and O–H groups in total. The van der Waals surface area contributed by atoms with Crippen LogP contribution in [0, 0.1) is 12.8 Å². The summed E-state index contributed by atoms with van der Waals surface area (Å²) >= 11 is 0. The first kappa shape index (κ1) is 14.7. The molecule has 4 heteroatoms. The monoisotopic (exact) mass is 276 g/mol. The Kier molecular flexibility index (Phi) is 4.53. The van der Waals surface area contributed by atoms with E-state index >= 15 is 0 Å². The van der Waals surface area contributed by atoms with Gasteiger partial charge < -0.3 is 16.2 Å². The number of hydrogen-bond acceptors (Lipinski definition) is 3. The number of aryl methyl sites for hydroxylation is 1. The number of rotatable bonds is 3. The molecule has 1 aliphatic carbocycles. The van der Waals surface area contributed by atoms with E-state index in [1.165, 1.54) is 19.3 Å². The highest BCUT2D eigenvalue weighted by Crippen LogP contribution is 2.27. The lowest BCUT2D eigenvalue weighted by Crippen LogP contribution is -2.19. The van der Waals surface area contributed by atoms with E-state index < -0.39 is 5.97 Å². The summed E-state index contributed by atoms with van der Waals surface area (Å²) in [4.78, 5) is 11.2. The molecule has 0 aliphatic heterocycles.